The molecule has 0 saturated carbocycles. The van der Waals surface area contributed by atoms with Gasteiger partial charge in [-0.3, -0.25) is 9.52 Å². The Balaban J connectivity index is 0.00000264. The van der Waals surface area contributed by atoms with E-state index in [1.54, 1.807) is 30.0 Å². The summed E-state index contributed by atoms with van der Waals surface area (Å²) in [6.07, 6.45) is 1.98. The van der Waals surface area contributed by atoms with Gasteiger partial charge in [-0.25, -0.2) is 8.42 Å². The molecule has 2 rings (SSSR count). The van der Waals surface area contributed by atoms with E-state index in [1.165, 1.54) is 0 Å². The minimum absolute atomic E-state index is 0. The highest BCUT2D eigenvalue weighted by Crippen LogP contribution is 2.30. The molecule has 0 aliphatic carbocycles. The van der Waals surface area contributed by atoms with E-state index < -0.39 is 10.0 Å². The number of carbonyl (C=O) groups is 1. The Morgan fingerprint density at radius 2 is 2.09 bits per heavy atom. The van der Waals surface area contributed by atoms with Gasteiger partial charge in [0.15, 0.2) is 0 Å². The van der Waals surface area contributed by atoms with Crippen molar-refractivity contribution in [3.05, 3.63) is 29.3 Å². The summed E-state index contributed by atoms with van der Waals surface area (Å²) in [7, 11) is -3.38. The molecule has 1 saturated heterocycles. The molecule has 1 aromatic carbocycles. The van der Waals surface area contributed by atoms with Crippen LogP contribution in [0, 0.1) is 12.3 Å². The maximum atomic E-state index is 12.6. The summed E-state index contributed by atoms with van der Waals surface area (Å²) in [5.74, 6) is -0.0891. The summed E-state index contributed by atoms with van der Waals surface area (Å²) in [5.41, 5.74) is 7.43. The lowest BCUT2D eigenvalue weighted by Gasteiger charge is -2.23. The normalized spacial score (nSPS) is 21.0. The molecule has 1 aromatic rings. The maximum Gasteiger partial charge on any atom is 0.253 e. The van der Waals surface area contributed by atoms with Crippen LogP contribution in [0.25, 0.3) is 0 Å². The molecule has 1 heterocycles. The number of rotatable bonds is 4. The van der Waals surface area contributed by atoms with Crippen LogP contribution >= 0.6 is 12.4 Å². The molecular weight excluding hydrogens is 338 g/mol. The van der Waals surface area contributed by atoms with Crippen LogP contribution in [-0.4, -0.2) is 45.1 Å². The SMILES string of the molecule is Cc1ccc(C(=O)N2CCC(C)(CN)C2)cc1NS(C)(=O)=O.Cl. The quantitative estimate of drug-likeness (QED) is 0.851. The third-order valence-electron chi connectivity index (χ3n) is 4.12. The van der Waals surface area contributed by atoms with E-state index in [0.717, 1.165) is 18.2 Å². The summed E-state index contributed by atoms with van der Waals surface area (Å²) in [5, 5.41) is 0. The van der Waals surface area contributed by atoms with E-state index >= 15 is 0 Å². The second-order valence-corrected chi connectivity index (χ2v) is 8.14. The smallest absolute Gasteiger partial charge is 0.253 e. The predicted octanol–water partition coefficient (Wildman–Crippen LogP) is 1.60. The summed E-state index contributed by atoms with van der Waals surface area (Å²) in [6.45, 7) is 5.72. The molecule has 1 aliphatic rings. The van der Waals surface area contributed by atoms with Crippen molar-refractivity contribution in [3.8, 4) is 0 Å². The molecule has 0 bridgehead atoms. The first-order valence-corrected chi connectivity index (χ1v) is 9.10. The van der Waals surface area contributed by atoms with Crippen molar-refractivity contribution in [2.45, 2.75) is 20.3 Å². The number of anilines is 1. The number of halogens is 1. The lowest BCUT2D eigenvalue weighted by Crippen LogP contribution is -2.34. The zero-order valence-electron chi connectivity index (χ0n) is 13.6. The van der Waals surface area contributed by atoms with Crippen molar-refractivity contribution in [3.63, 3.8) is 0 Å². The fourth-order valence-corrected chi connectivity index (χ4v) is 3.23. The fraction of sp³-hybridized carbons (Fsp3) is 0.533. The number of aryl methyl sites for hydroxylation is 1. The number of benzene rings is 1. The first-order chi connectivity index (χ1) is 10.1. The molecule has 23 heavy (non-hydrogen) atoms. The van der Waals surface area contributed by atoms with Crippen molar-refractivity contribution >= 4 is 34.0 Å². The zero-order chi connectivity index (χ0) is 16.5. The van der Waals surface area contributed by atoms with Crippen LogP contribution in [0.2, 0.25) is 0 Å². The van der Waals surface area contributed by atoms with Gasteiger partial charge in [-0.15, -0.1) is 12.4 Å². The number of amides is 1. The Morgan fingerprint density at radius 1 is 1.43 bits per heavy atom. The number of carbonyl (C=O) groups excluding carboxylic acids is 1. The first-order valence-electron chi connectivity index (χ1n) is 7.21. The van der Waals surface area contributed by atoms with Gasteiger partial charge in [0.1, 0.15) is 0 Å². The van der Waals surface area contributed by atoms with Gasteiger partial charge in [-0.1, -0.05) is 13.0 Å². The van der Waals surface area contributed by atoms with Crippen LogP contribution in [-0.2, 0) is 10.0 Å². The number of hydrogen-bond acceptors (Lipinski definition) is 4. The Bertz CT molecular complexity index is 693. The minimum Gasteiger partial charge on any atom is -0.338 e. The molecule has 0 spiro atoms. The molecule has 1 fully saturated rings. The summed E-state index contributed by atoms with van der Waals surface area (Å²) in [4.78, 5) is 14.4. The summed E-state index contributed by atoms with van der Waals surface area (Å²) >= 11 is 0. The second-order valence-electron chi connectivity index (χ2n) is 6.40. The molecule has 6 nitrogen and oxygen atoms in total. The van der Waals surface area contributed by atoms with Gasteiger partial charge in [-0.2, -0.15) is 0 Å². The van der Waals surface area contributed by atoms with E-state index in [1.807, 2.05) is 0 Å². The molecule has 130 valence electrons. The van der Waals surface area contributed by atoms with E-state index in [2.05, 4.69) is 11.6 Å². The second kappa shape index (κ2) is 7.07. The highest BCUT2D eigenvalue weighted by Gasteiger charge is 2.35. The van der Waals surface area contributed by atoms with Crippen molar-refractivity contribution in [2.75, 3.05) is 30.6 Å². The van der Waals surface area contributed by atoms with Crippen LogP contribution in [0.15, 0.2) is 18.2 Å². The van der Waals surface area contributed by atoms with Crippen molar-refractivity contribution in [1.82, 2.24) is 4.90 Å². The lowest BCUT2D eigenvalue weighted by molar-refractivity contribution is 0.0777. The zero-order valence-corrected chi connectivity index (χ0v) is 15.3. The highest BCUT2D eigenvalue weighted by atomic mass is 35.5. The molecule has 1 atom stereocenters. The van der Waals surface area contributed by atoms with Gasteiger partial charge in [0.05, 0.1) is 11.9 Å². The molecule has 3 N–H and O–H groups in total. The third kappa shape index (κ3) is 4.83. The Labute approximate surface area is 143 Å². The van der Waals surface area contributed by atoms with Crippen LogP contribution in [0.4, 0.5) is 5.69 Å². The van der Waals surface area contributed by atoms with Gasteiger partial charge in [0, 0.05) is 18.7 Å². The summed E-state index contributed by atoms with van der Waals surface area (Å²) < 4.78 is 25.2. The number of nitrogens with zero attached hydrogens (tertiary/aromatic N) is 1. The lowest BCUT2D eigenvalue weighted by atomic mass is 9.90. The number of sulfonamides is 1. The van der Waals surface area contributed by atoms with Gasteiger partial charge in [-0.05, 0) is 43.0 Å². The monoisotopic (exact) mass is 361 g/mol. The highest BCUT2D eigenvalue weighted by molar-refractivity contribution is 7.92. The molecule has 0 radical (unpaired) electrons. The number of hydrogen-bond donors (Lipinski definition) is 2. The standard InChI is InChI=1S/C15H23N3O3S.ClH/c1-11-4-5-12(8-13(11)17-22(3,20)21)14(19)18-7-6-15(2,9-16)10-18;/h4-5,8,17H,6-7,9-10,16H2,1-3H3;1H. The van der Waals surface area contributed by atoms with E-state index in [9.17, 15) is 13.2 Å². The Hall–Kier alpha value is -1.31. The third-order valence-corrected chi connectivity index (χ3v) is 4.71. The Kier molecular flexibility index (Phi) is 6.06. The van der Waals surface area contributed by atoms with E-state index in [0.29, 0.717) is 30.9 Å². The molecule has 1 unspecified atom stereocenters. The minimum atomic E-state index is -3.38. The Morgan fingerprint density at radius 3 is 2.61 bits per heavy atom. The maximum absolute atomic E-state index is 12.6. The average molecular weight is 362 g/mol. The van der Waals surface area contributed by atoms with Crippen molar-refractivity contribution in [2.24, 2.45) is 11.1 Å². The summed E-state index contributed by atoms with van der Waals surface area (Å²) in [6, 6.07) is 5.07. The molecule has 1 amide bonds. The van der Waals surface area contributed by atoms with E-state index in [-0.39, 0.29) is 23.7 Å². The fourth-order valence-electron chi connectivity index (χ4n) is 2.61. The first kappa shape index (κ1) is 19.7. The molecule has 0 aromatic heterocycles. The number of nitrogens with two attached hydrogens (primary N) is 1. The topological polar surface area (TPSA) is 92.5 Å². The van der Waals surface area contributed by atoms with Crippen LogP contribution in [0.5, 0.6) is 0 Å². The van der Waals surface area contributed by atoms with Gasteiger partial charge < -0.3 is 10.6 Å². The van der Waals surface area contributed by atoms with Gasteiger partial charge in [0.2, 0.25) is 10.0 Å². The van der Waals surface area contributed by atoms with Gasteiger partial charge in [0.25, 0.3) is 5.91 Å². The van der Waals surface area contributed by atoms with E-state index in [4.69, 9.17) is 5.73 Å². The molecule has 1 aliphatic heterocycles. The molecular formula is C15H24ClN3O3S. The molecule has 8 heteroatoms. The van der Waals surface area contributed by atoms with Crippen LogP contribution in [0.3, 0.4) is 0 Å². The largest absolute Gasteiger partial charge is 0.338 e. The van der Waals surface area contributed by atoms with Crippen LogP contribution < -0.4 is 10.5 Å². The number of likely N-dealkylation sites (tertiary alicyclic amines) is 1. The van der Waals surface area contributed by atoms with Gasteiger partial charge >= 0.3 is 0 Å². The van der Waals surface area contributed by atoms with Crippen LogP contribution in [0.1, 0.15) is 29.3 Å². The van der Waals surface area contributed by atoms with Crippen molar-refractivity contribution in [1.29, 1.82) is 0 Å². The average Bonchev–Trinajstić information content (AvgIpc) is 2.82. The van der Waals surface area contributed by atoms with Crippen molar-refractivity contribution < 1.29 is 13.2 Å². The number of nitrogens with one attached hydrogen (secondary N) is 1. The predicted molar refractivity (Wildman–Crippen MR) is 94.6 cm³/mol.